The minimum absolute atomic E-state index is 0.540. The number of hydrogen-bond donors (Lipinski definition) is 4. The average molecular weight is 254 g/mol. The van der Waals surface area contributed by atoms with Crippen LogP contribution in [-0.2, 0) is 14.2 Å². The molecule has 9 heteroatoms. The molecule has 0 radical (unpaired) electrons. The molecule has 2 atom stereocenters. The first-order valence-corrected chi connectivity index (χ1v) is 4.58. The van der Waals surface area contributed by atoms with E-state index in [1.54, 1.807) is 0 Å². The van der Waals surface area contributed by atoms with Crippen molar-refractivity contribution in [2.24, 2.45) is 0 Å². The van der Waals surface area contributed by atoms with E-state index in [9.17, 15) is 9.59 Å². The highest BCUT2D eigenvalue weighted by atomic mass is 16.8. The maximum absolute atomic E-state index is 10.7. The smallest absolute Gasteiger partial charge is 0.431 e. The van der Waals surface area contributed by atoms with Gasteiger partial charge in [-0.25, -0.2) is 9.59 Å². The highest BCUT2D eigenvalue weighted by molar-refractivity contribution is 5.76. The fourth-order valence-corrected chi connectivity index (χ4v) is 0.561. The molecule has 4 N–H and O–H groups in total. The molecule has 0 spiro atoms. The molecule has 0 aliphatic rings. The van der Waals surface area contributed by atoms with Crippen LogP contribution in [0.2, 0.25) is 0 Å². The number of aliphatic hydroxyl groups is 4. The van der Waals surface area contributed by atoms with E-state index in [0.29, 0.717) is 0 Å². The molecule has 0 heterocycles. The van der Waals surface area contributed by atoms with Crippen LogP contribution in [0.25, 0.3) is 0 Å². The molecule has 17 heavy (non-hydrogen) atoms. The van der Waals surface area contributed by atoms with Crippen LogP contribution in [0, 0.1) is 0 Å². The van der Waals surface area contributed by atoms with Crippen molar-refractivity contribution in [2.75, 3.05) is 26.4 Å². The van der Waals surface area contributed by atoms with Crippen molar-refractivity contribution in [1.29, 1.82) is 0 Å². The van der Waals surface area contributed by atoms with Crippen LogP contribution < -0.4 is 0 Å². The van der Waals surface area contributed by atoms with Crippen molar-refractivity contribution in [1.82, 2.24) is 0 Å². The summed E-state index contributed by atoms with van der Waals surface area (Å²) in [5, 5.41) is 34.3. The number of aliphatic hydroxyl groups excluding tert-OH is 4. The largest absolute Gasteiger partial charge is 0.518 e. The standard InChI is InChI=1S/C8H14O9/c9-1-5(11)3-15-7(13)17-8(14)16-4-6(12)2-10/h5-6,9-12H,1-4H2. The minimum atomic E-state index is -1.42. The zero-order chi connectivity index (χ0) is 13.3. The second-order valence-electron chi connectivity index (χ2n) is 2.90. The van der Waals surface area contributed by atoms with Crippen LogP contribution in [0.5, 0.6) is 0 Å². The van der Waals surface area contributed by atoms with E-state index in [1.807, 2.05) is 0 Å². The van der Waals surface area contributed by atoms with Gasteiger partial charge >= 0.3 is 12.3 Å². The monoisotopic (exact) mass is 254 g/mol. The van der Waals surface area contributed by atoms with Gasteiger partial charge in [-0.05, 0) is 0 Å². The third kappa shape index (κ3) is 8.39. The quantitative estimate of drug-likeness (QED) is 0.312. The van der Waals surface area contributed by atoms with E-state index in [0.717, 1.165) is 0 Å². The Kier molecular flexibility index (Phi) is 7.97. The SMILES string of the molecule is O=C(OCC(O)CO)OC(=O)OCC(O)CO. The summed E-state index contributed by atoms with van der Waals surface area (Å²) in [5.74, 6) is 0. The summed E-state index contributed by atoms with van der Waals surface area (Å²) in [6.45, 7) is -2.30. The summed E-state index contributed by atoms with van der Waals surface area (Å²) < 4.78 is 12.4. The molecule has 0 aromatic rings. The van der Waals surface area contributed by atoms with Crippen LogP contribution in [0.4, 0.5) is 9.59 Å². The Morgan fingerprint density at radius 3 is 1.53 bits per heavy atom. The predicted molar refractivity (Wildman–Crippen MR) is 50.0 cm³/mol. The fourth-order valence-electron chi connectivity index (χ4n) is 0.561. The van der Waals surface area contributed by atoms with E-state index < -0.39 is 50.9 Å². The van der Waals surface area contributed by atoms with E-state index in [2.05, 4.69) is 14.2 Å². The molecule has 0 aromatic carbocycles. The number of ether oxygens (including phenoxy) is 3. The van der Waals surface area contributed by atoms with Crippen molar-refractivity contribution in [2.45, 2.75) is 12.2 Å². The number of carbonyl (C=O) groups excluding carboxylic acids is 2. The summed E-state index contributed by atoms with van der Waals surface area (Å²) in [7, 11) is 0. The molecule has 0 saturated heterocycles. The van der Waals surface area contributed by atoms with Crippen LogP contribution in [0.3, 0.4) is 0 Å². The Balaban J connectivity index is 3.69. The maximum atomic E-state index is 10.7. The first-order chi connectivity index (χ1) is 7.99. The molecule has 0 aromatic heterocycles. The summed E-state index contributed by atoms with van der Waals surface area (Å²) >= 11 is 0. The lowest BCUT2D eigenvalue weighted by Crippen LogP contribution is -2.26. The van der Waals surface area contributed by atoms with Gasteiger partial charge in [0.15, 0.2) is 0 Å². The topological polar surface area (TPSA) is 143 Å². The molecular weight excluding hydrogens is 240 g/mol. The van der Waals surface area contributed by atoms with Gasteiger partial charge in [0, 0.05) is 0 Å². The molecule has 0 amide bonds. The Labute approximate surface area is 96.1 Å². The normalized spacial score (nSPS) is 13.6. The molecule has 100 valence electrons. The Morgan fingerprint density at radius 1 is 0.882 bits per heavy atom. The summed E-state index contributed by atoms with van der Waals surface area (Å²) in [5.41, 5.74) is 0. The van der Waals surface area contributed by atoms with Gasteiger partial charge in [0.1, 0.15) is 25.4 Å². The van der Waals surface area contributed by atoms with Crippen molar-refractivity contribution >= 4 is 12.3 Å². The molecule has 0 fully saturated rings. The van der Waals surface area contributed by atoms with Crippen LogP contribution in [0.15, 0.2) is 0 Å². The minimum Gasteiger partial charge on any atom is -0.431 e. The van der Waals surface area contributed by atoms with E-state index >= 15 is 0 Å². The Morgan fingerprint density at radius 2 is 1.24 bits per heavy atom. The molecule has 9 nitrogen and oxygen atoms in total. The van der Waals surface area contributed by atoms with E-state index in [-0.39, 0.29) is 0 Å². The molecule has 0 rings (SSSR count). The van der Waals surface area contributed by atoms with Crippen LogP contribution >= 0.6 is 0 Å². The van der Waals surface area contributed by atoms with Crippen molar-refractivity contribution in [3.63, 3.8) is 0 Å². The number of hydrogen-bond acceptors (Lipinski definition) is 9. The van der Waals surface area contributed by atoms with Gasteiger partial charge in [0.2, 0.25) is 0 Å². The first kappa shape index (κ1) is 15.6. The number of carbonyl (C=O) groups is 2. The van der Waals surface area contributed by atoms with Crippen LogP contribution in [-0.4, -0.2) is 71.4 Å². The van der Waals surface area contributed by atoms with Crippen molar-refractivity contribution in [3.05, 3.63) is 0 Å². The second kappa shape index (κ2) is 8.70. The molecule has 0 saturated carbocycles. The predicted octanol–water partition coefficient (Wildman–Crippen LogP) is -2.02. The zero-order valence-electron chi connectivity index (χ0n) is 8.81. The Bertz CT molecular complexity index is 217. The summed E-state index contributed by atoms with van der Waals surface area (Å²) in [6, 6.07) is 0. The fraction of sp³-hybridized carbons (Fsp3) is 0.750. The zero-order valence-corrected chi connectivity index (χ0v) is 8.81. The second-order valence-corrected chi connectivity index (χ2v) is 2.90. The Hall–Kier alpha value is -1.42. The summed E-state index contributed by atoms with van der Waals surface area (Å²) in [4.78, 5) is 21.5. The van der Waals surface area contributed by atoms with Gasteiger partial charge in [0.05, 0.1) is 13.2 Å². The van der Waals surface area contributed by atoms with Gasteiger partial charge < -0.3 is 34.6 Å². The molecular formula is C8H14O9. The molecule has 0 bridgehead atoms. The molecule has 0 aliphatic carbocycles. The molecule has 2 unspecified atom stereocenters. The van der Waals surface area contributed by atoms with Gasteiger partial charge in [-0.1, -0.05) is 0 Å². The number of rotatable bonds is 6. The maximum Gasteiger partial charge on any atom is 0.518 e. The van der Waals surface area contributed by atoms with Crippen molar-refractivity contribution in [3.8, 4) is 0 Å². The van der Waals surface area contributed by atoms with Gasteiger partial charge in [-0.2, -0.15) is 0 Å². The van der Waals surface area contributed by atoms with Gasteiger partial charge in [0.25, 0.3) is 0 Å². The van der Waals surface area contributed by atoms with Gasteiger partial charge in [-0.15, -0.1) is 0 Å². The summed E-state index contributed by atoms with van der Waals surface area (Å²) in [6.07, 6.45) is -5.37. The van der Waals surface area contributed by atoms with Gasteiger partial charge in [-0.3, -0.25) is 0 Å². The third-order valence-corrected chi connectivity index (χ3v) is 1.38. The highest BCUT2D eigenvalue weighted by Gasteiger charge is 2.16. The lowest BCUT2D eigenvalue weighted by Gasteiger charge is -2.09. The molecule has 0 aliphatic heterocycles. The lowest BCUT2D eigenvalue weighted by atomic mass is 10.4. The van der Waals surface area contributed by atoms with Crippen molar-refractivity contribution < 1.29 is 44.2 Å². The lowest BCUT2D eigenvalue weighted by molar-refractivity contribution is -0.0146. The van der Waals surface area contributed by atoms with E-state index in [4.69, 9.17) is 20.4 Å². The third-order valence-electron chi connectivity index (χ3n) is 1.38. The van der Waals surface area contributed by atoms with E-state index in [1.165, 1.54) is 0 Å². The average Bonchev–Trinajstić information content (AvgIpc) is 2.32. The van der Waals surface area contributed by atoms with Crippen LogP contribution in [0.1, 0.15) is 0 Å². The highest BCUT2D eigenvalue weighted by Crippen LogP contribution is 1.94. The first-order valence-electron chi connectivity index (χ1n) is 4.58.